The fraction of sp³-hybridized carbons (Fsp3) is 0.983. The second-order valence-corrected chi connectivity index (χ2v) is 28.6. The summed E-state index contributed by atoms with van der Waals surface area (Å²) in [7, 11) is 0. The first-order chi connectivity index (χ1) is 39.5. The van der Waals surface area contributed by atoms with Crippen LogP contribution in [0.2, 0.25) is 0 Å². The smallest absolute Gasteiger partial charge is 0.187 e. The summed E-state index contributed by atoms with van der Waals surface area (Å²) < 4.78 is 67.6. The van der Waals surface area contributed by atoms with Crippen molar-refractivity contribution in [3.8, 4) is 0 Å². The fourth-order valence-corrected chi connectivity index (χ4v) is 18.8. The second-order valence-electron chi connectivity index (χ2n) is 28.6. The molecule has 5 aliphatic carbocycles. The van der Waals surface area contributed by atoms with Crippen molar-refractivity contribution < 1.29 is 128 Å². The van der Waals surface area contributed by atoms with Gasteiger partial charge in [-0.25, -0.2) is 0 Å². The molecule has 0 aromatic heterocycles. The lowest BCUT2D eigenvalue weighted by atomic mass is 9.30. The average Bonchev–Trinajstić information content (AvgIpc) is 1.28. The molecule has 1 spiro atoms. The van der Waals surface area contributed by atoms with E-state index in [4.69, 9.17) is 52.1 Å². The van der Waals surface area contributed by atoms with Crippen molar-refractivity contribution in [2.45, 2.75) is 272 Å². The number of aliphatic hydroxyl groups excluding tert-OH is 14. The number of aliphatic hydroxyl groups is 14. The van der Waals surface area contributed by atoms with E-state index >= 15 is 0 Å². The maximum absolute atomic E-state index is 12.6. The Hall–Kier alpha value is -1.33. The van der Waals surface area contributed by atoms with Gasteiger partial charge in [-0.2, -0.15) is 0 Å². The number of carbonyl (C=O) groups excluding carboxylic acids is 1. The molecule has 11 rings (SSSR count). The van der Waals surface area contributed by atoms with E-state index in [0.717, 1.165) is 51.2 Å². The molecule has 5 saturated carbocycles. The van der Waals surface area contributed by atoms with Crippen molar-refractivity contribution in [3.05, 3.63) is 0 Å². The first-order valence-corrected chi connectivity index (χ1v) is 30.5. The van der Waals surface area contributed by atoms with Gasteiger partial charge >= 0.3 is 0 Å². The van der Waals surface area contributed by atoms with Gasteiger partial charge in [0.2, 0.25) is 0 Å². The second kappa shape index (κ2) is 23.1. The summed E-state index contributed by atoms with van der Waals surface area (Å²) in [5.41, 5.74) is -2.79. The highest BCUT2D eigenvalue weighted by Gasteiger charge is 2.80. The van der Waals surface area contributed by atoms with Gasteiger partial charge in [0.05, 0.1) is 56.9 Å². The summed E-state index contributed by atoms with van der Waals surface area (Å²) in [5, 5.41) is 154. The van der Waals surface area contributed by atoms with E-state index in [2.05, 4.69) is 41.5 Å². The molecule has 2 bridgehead atoms. The molecule has 6 heterocycles. The lowest BCUT2D eigenvalue weighted by Gasteiger charge is -2.75. The maximum atomic E-state index is 12.6. The molecule has 6 aliphatic heterocycles. The molecule has 84 heavy (non-hydrogen) atoms. The van der Waals surface area contributed by atoms with E-state index in [1.54, 1.807) is 0 Å². The molecule has 26 heteroatoms. The Morgan fingerprint density at radius 2 is 1.08 bits per heavy atom. The molecular weight excluding hydrogens is 1110 g/mol. The van der Waals surface area contributed by atoms with E-state index in [0.29, 0.717) is 25.9 Å². The molecule has 482 valence electrons. The normalized spacial score (nSPS) is 58.2. The lowest BCUT2D eigenvalue weighted by Crippen LogP contribution is -2.74. The zero-order chi connectivity index (χ0) is 60.8. The molecule has 0 amide bonds. The minimum atomic E-state index is -2.01. The first kappa shape index (κ1) is 64.2. The molecule has 26 nitrogen and oxygen atoms in total. The summed E-state index contributed by atoms with van der Waals surface area (Å²) >= 11 is 0. The Labute approximate surface area is 488 Å². The topological polar surface area (TPSA) is 402 Å². The van der Waals surface area contributed by atoms with Gasteiger partial charge in [-0.05, 0) is 105 Å². The third-order valence-corrected chi connectivity index (χ3v) is 24.0. The van der Waals surface area contributed by atoms with Crippen molar-refractivity contribution in [2.24, 2.45) is 50.2 Å². The first-order valence-electron chi connectivity index (χ1n) is 30.5. The van der Waals surface area contributed by atoms with Crippen LogP contribution in [0.25, 0.3) is 0 Å². The molecule has 11 fully saturated rings. The van der Waals surface area contributed by atoms with Crippen molar-refractivity contribution >= 4 is 6.29 Å². The Morgan fingerprint density at radius 1 is 0.512 bits per heavy atom. The van der Waals surface area contributed by atoms with Crippen LogP contribution in [0.1, 0.15) is 113 Å². The van der Waals surface area contributed by atoms with Gasteiger partial charge in [0.25, 0.3) is 0 Å². The van der Waals surface area contributed by atoms with Gasteiger partial charge in [-0.15, -0.1) is 0 Å². The number of aldehydes is 1. The number of rotatable bonds is 13. The van der Waals surface area contributed by atoms with E-state index in [1.165, 1.54) is 6.92 Å². The minimum absolute atomic E-state index is 0.0487. The summed E-state index contributed by atoms with van der Waals surface area (Å²) in [5.74, 6) is 0.356. The fourth-order valence-electron chi connectivity index (χ4n) is 18.8. The van der Waals surface area contributed by atoms with Crippen LogP contribution in [0, 0.1) is 50.2 Å². The van der Waals surface area contributed by atoms with Crippen LogP contribution < -0.4 is 0 Å². The Balaban J connectivity index is 0.833. The van der Waals surface area contributed by atoms with Crippen molar-refractivity contribution in [1.82, 2.24) is 0 Å². The van der Waals surface area contributed by atoms with Crippen LogP contribution in [0.5, 0.6) is 0 Å². The predicted octanol–water partition coefficient (Wildman–Crippen LogP) is -3.04. The van der Waals surface area contributed by atoms with Crippen molar-refractivity contribution in [2.75, 3.05) is 33.0 Å². The quantitative estimate of drug-likeness (QED) is 0.0644. The molecule has 0 aromatic rings. The van der Waals surface area contributed by atoms with E-state index in [-0.39, 0.29) is 34.0 Å². The Bertz CT molecular complexity index is 2320. The van der Waals surface area contributed by atoms with Crippen LogP contribution >= 0.6 is 0 Å². The minimum Gasteiger partial charge on any atom is -0.394 e. The Kier molecular flexibility index (Phi) is 17.7. The van der Waals surface area contributed by atoms with Gasteiger partial charge in [-0.3, -0.25) is 0 Å². The SMILES string of the molecule is CC1OC(OC2C(CO)OC(OC3C(OC4CCC5(C)C(CCC6(C)C5CCC57OCC8(CCC(C)(C=O)CC85)C(O)CC67C)C4(C)C)OCC(OC4OC(CO)C(OC5OCC(O)C(O)C5O)C(O)C4O)C3O)C(O)C2O)C(O)C(O)C1O. The maximum Gasteiger partial charge on any atom is 0.187 e. The average molecular weight is 1210 g/mol. The number of hydrogen-bond donors (Lipinski definition) is 14. The van der Waals surface area contributed by atoms with Gasteiger partial charge in [0, 0.05) is 16.2 Å². The van der Waals surface area contributed by atoms with Crippen molar-refractivity contribution in [3.63, 3.8) is 0 Å². The summed E-state index contributed by atoms with van der Waals surface area (Å²) in [6, 6.07) is 0. The Morgan fingerprint density at radius 3 is 1.73 bits per heavy atom. The zero-order valence-corrected chi connectivity index (χ0v) is 49.0. The molecule has 14 N–H and O–H groups in total. The number of hydrogen-bond acceptors (Lipinski definition) is 26. The molecule has 0 aromatic carbocycles. The van der Waals surface area contributed by atoms with Gasteiger partial charge < -0.3 is 128 Å². The van der Waals surface area contributed by atoms with Crippen LogP contribution in [0.4, 0.5) is 0 Å². The molecule has 6 saturated heterocycles. The van der Waals surface area contributed by atoms with Gasteiger partial charge in [-0.1, -0.05) is 41.5 Å². The highest BCUT2D eigenvalue weighted by Crippen LogP contribution is 2.80. The van der Waals surface area contributed by atoms with Crippen LogP contribution in [0.15, 0.2) is 0 Å². The third-order valence-electron chi connectivity index (χ3n) is 24.0. The molecule has 34 atom stereocenters. The highest BCUT2D eigenvalue weighted by atomic mass is 16.8. The highest BCUT2D eigenvalue weighted by molar-refractivity contribution is 5.59. The van der Waals surface area contributed by atoms with Crippen LogP contribution in [0.3, 0.4) is 0 Å². The van der Waals surface area contributed by atoms with E-state index < -0.39 is 202 Å². The number of carbonyl (C=O) groups is 1. The largest absolute Gasteiger partial charge is 0.394 e. The third kappa shape index (κ3) is 9.88. The lowest BCUT2D eigenvalue weighted by molar-refractivity contribution is -0.394. The van der Waals surface area contributed by atoms with Gasteiger partial charge in [0.1, 0.15) is 110 Å². The summed E-state index contributed by atoms with van der Waals surface area (Å²) in [6.45, 7) is 12.9. The molecular formula is C58H94O26. The monoisotopic (exact) mass is 1210 g/mol. The summed E-state index contributed by atoms with van der Waals surface area (Å²) in [4.78, 5) is 12.6. The number of ether oxygens (including phenoxy) is 11. The van der Waals surface area contributed by atoms with Crippen LogP contribution in [-0.2, 0) is 56.9 Å². The summed E-state index contributed by atoms with van der Waals surface area (Å²) in [6.07, 6.45) is -30.9. The molecule has 0 radical (unpaired) electrons. The van der Waals surface area contributed by atoms with Crippen molar-refractivity contribution in [1.29, 1.82) is 0 Å². The van der Waals surface area contributed by atoms with E-state index in [1.807, 2.05) is 0 Å². The van der Waals surface area contributed by atoms with Crippen LogP contribution in [-0.4, -0.2) is 270 Å². The zero-order valence-electron chi connectivity index (χ0n) is 49.0. The molecule has 34 unspecified atom stereocenters. The molecule has 11 aliphatic rings. The van der Waals surface area contributed by atoms with E-state index in [9.17, 15) is 76.3 Å². The number of fused-ring (bicyclic) bond motifs is 4. The standard InChI is InChI=1S/C58H94O26/c1-24-34(64)37(67)41(71)48(77-24)83-45-27(19-60)79-50(43(73)39(45)69)84-46-36(66)28(80-49-42(72)38(68)44(26(18-59)78-49)82-47-40(70)35(65)25(62)20-74-47)21-75-51(46)81-33-10-11-54(5)29(52(33,2)3)8-12-55(6)30(54)9-13-58-31-16-53(4,22-61)14-15-57(31,23-76-58)32(63)17-56(55,58)7/h22,24-51,59-60,62-73H,8-21,23H2,1-7H3. The van der Waals surface area contributed by atoms with Gasteiger partial charge in [0.15, 0.2) is 31.5 Å². The predicted molar refractivity (Wildman–Crippen MR) is 282 cm³/mol.